The van der Waals surface area contributed by atoms with Crippen LogP contribution in [0.3, 0.4) is 0 Å². The van der Waals surface area contributed by atoms with Gasteiger partial charge in [0.15, 0.2) is 11.5 Å². The lowest BCUT2D eigenvalue weighted by Crippen LogP contribution is -2.32. The van der Waals surface area contributed by atoms with Crippen LogP contribution in [0.25, 0.3) is 11.8 Å². The third-order valence-electron chi connectivity index (χ3n) is 5.38. The lowest BCUT2D eigenvalue weighted by atomic mass is 10.2. The summed E-state index contributed by atoms with van der Waals surface area (Å²) in [7, 11) is 1.56. The number of benzene rings is 2. The lowest BCUT2D eigenvalue weighted by Gasteiger charge is -2.14. The van der Waals surface area contributed by atoms with Gasteiger partial charge in [-0.3, -0.25) is 14.5 Å². The molecule has 0 bridgehead atoms. The number of para-hydroxylation sites is 2. The van der Waals surface area contributed by atoms with E-state index in [4.69, 9.17) is 9.47 Å². The summed E-state index contributed by atoms with van der Waals surface area (Å²) >= 11 is 0.928. The van der Waals surface area contributed by atoms with Crippen LogP contribution in [0.15, 0.2) is 59.5 Å². The number of phenols is 1. The molecule has 1 aromatic heterocycles. The fourth-order valence-electron chi connectivity index (χ4n) is 3.75. The van der Waals surface area contributed by atoms with E-state index >= 15 is 0 Å². The Bertz CT molecular complexity index is 1230. The number of hydrogen-bond acceptors (Lipinski definition) is 6. The molecule has 4 rings (SSSR count). The van der Waals surface area contributed by atoms with Gasteiger partial charge in [0.1, 0.15) is 12.4 Å². The second-order valence-electron chi connectivity index (χ2n) is 7.51. The van der Waals surface area contributed by atoms with Gasteiger partial charge in [0.05, 0.1) is 18.6 Å². The van der Waals surface area contributed by atoms with E-state index in [-0.39, 0.29) is 30.0 Å². The number of aromatic hydroxyl groups is 1. The first-order chi connectivity index (χ1) is 15.9. The zero-order chi connectivity index (χ0) is 23.5. The van der Waals surface area contributed by atoms with Crippen LogP contribution in [-0.2, 0) is 4.79 Å². The van der Waals surface area contributed by atoms with Gasteiger partial charge >= 0.3 is 0 Å². The van der Waals surface area contributed by atoms with Crippen molar-refractivity contribution < 1.29 is 24.2 Å². The molecule has 0 aliphatic carbocycles. The number of methoxy groups -OCH3 is 1. The fourth-order valence-corrected chi connectivity index (χ4v) is 4.61. The van der Waals surface area contributed by atoms with Crippen molar-refractivity contribution in [3.8, 4) is 22.9 Å². The molecule has 0 spiro atoms. The molecule has 170 valence electrons. The van der Waals surface area contributed by atoms with E-state index in [1.165, 1.54) is 4.90 Å². The zero-order valence-corrected chi connectivity index (χ0v) is 19.4. The first-order valence-electron chi connectivity index (χ1n) is 10.4. The normalized spacial score (nSPS) is 14.9. The highest BCUT2D eigenvalue weighted by Gasteiger charge is 2.35. The van der Waals surface area contributed by atoms with Crippen molar-refractivity contribution in [1.82, 2.24) is 9.47 Å². The number of amides is 2. The molecule has 2 amide bonds. The minimum atomic E-state index is -0.330. The minimum absolute atomic E-state index is 0.145. The number of carbonyl (C=O) groups is 2. The zero-order valence-electron chi connectivity index (χ0n) is 18.6. The molecular formula is C25H24N2O5S. The monoisotopic (exact) mass is 464 g/mol. The van der Waals surface area contributed by atoms with E-state index < -0.39 is 0 Å². The Balaban J connectivity index is 1.49. The summed E-state index contributed by atoms with van der Waals surface area (Å²) in [6, 6.07) is 16.1. The average molecular weight is 465 g/mol. The Hall–Kier alpha value is -3.65. The van der Waals surface area contributed by atoms with Crippen LogP contribution < -0.4 is 9.47 Å². The predicted octanol–water partition coefficient (Wildman–Crippen LogP) is 4.92. The number of nitrogens with zero attached hydrogens (tertiary/aromatic N) is 2. The topological polar surface area (TPSA) is 81.0 Å². The summed E-state index contributed by atoms with van der Waals surface area (Å²) in [5.74, 6) is 1.02. The summed E-state index contributed by atoms with van der Waals surface area (Å²) in [5.41, 5.74) is 3.68. The fraction of sp³-hybridized carbons (Fsp3) is 0.200. The molecule has 0 saturated carbocycles. The van der Waals surface area contributed by atoms with Gasteiger partial charge in [-0.25, -0.2) is 0 Å². The van der Waals surface area contributed by atoms with Gasteiger partial charge in [-0.15, -0.1) is 0 Å². The highest BCUT2D eigenvalue weighted by atomic mass is 32.2. The second kappa shape index (κ2) is 9.46. The van der Waals surface area contributed by atoms with Crippen LogP contribution in [0.2, 0.25) is 0 Å². The number of rotatable bonds is 7. The third kappa shape index (κ3) is 4.61. The van der Waals surface area contributed by atoms with Crippen molar-refractivity contribution in [2.75, 3.05) is 20.3 Å². The number of imide groups is 1. The summed E-state index contributed by atoms with van der Waals surface area (Å²) < 4.78 is 13.0. The minimum Gasteiger partial charge on any atom is -0.508 e. The van der Waals surface area contributed by atoms with Crippen molar-refractivity contribution in [2.45, 2.75) is 13.8 Å². The molecule has 1 saturated heterocycles. The van der Waals surface area contributed by atoms with Crippen LogP contribution in [0.1, 0.15) is 17.0 Å². The smallest absolute Gasteiger partial charge is 0.293 e. The van der Waals surface area contributed by atoms with Gasteiger partial charge in [0.2, 0.25) is 0 Å². The Labute approximate surface area is 196 Å². The van der Waals surface area contributed by atoms with Gasteiger partial charge in [-0.05, 0) is 79.7 Å². The second-order valence-corrected chi connectivity index (χ2v) is 8.50. The largest absolute Gasteiger partial charge is 0.508 e. The van der Waals surface area contributed by atoms with E-state index in [0.29, 0.717) is 16.4 Å². The first-order valence-corrected chi connectivity index (χ1v) is 11.2. The van der Waals surface area contributed by atoms with Crippen molar-refractivity contribution in [3.05, 3.63) is 76.5 Å². The van der Waals surface area contributed by atoms with Crippen LogP contribution >= 0.6 is 11.8 Å². The van der Waals surface area contributed by atoms with E-state index in [1.807, 2.05) is 48.7 Å². The molecule has 33 heavy (non-hydrogen) atoms. The molecule has 1 N–H and O–H groups in total. The Morgan fingerprint density at radius 2 is 1.73 bits per heavy atom. The maximum atomic E-state index is 12.9. The molecular weight excluding hydrogens is 440 g/mol. The molecule has 3 aromatic rings. The molecule has 2 heterocycles. The predicted molar refractivity (Wildman–Crippen MR) is 128 cm³/mol. The van der Waals surface area contributed by atoms with Crippen LogP contribution in [0.4, 0.5) is 4.79 Å². The van der Waals surface area contributed by atoms with Crippen molar-refractivity contribution in [1.29, 1.82) is 0 Å². The van der Waals surface area contributed by atoms with Gasteiger partial charge in [0.25, 0.3) is 11.1 Å². The summed E-state index contributed by atoms with van der Waals surface area (Å²) in [5, 5.41) is 9.24. The van der Waals surface area contributed by atoms with Crippen molar-refractivity contribution >= 4 is 29.0 Å². The molecule has 1 aliphatic heterocycles. The van der Waals surface area contributed by atoms with E-state index in [2.05, 4.69) is 0 Å². The number of thioether (sulfide) groups is 1. The molecule has 0 radical (unpaired) electrons. The number of aryl methyl sites for hydroxylation is 1. The summed E-state index contributed by atoms with van der Waals surface area (Å²) in [6.07, 6.45) is 1.76. The van der Waals surface area contributed by atoms with E-state index in [0.717, 1.165) is 34.4 Å². The number of phenolic OH excluding ortho intramolecular Hbond substituents is 1. The lowest BCUT2D eigenvalue weighted by molar-refractivity contribution is -0.123. The first kappa shape index (κ1) is 22.5. The van der Waals surface area contributed by atoms with Crippen molar-refractivity contribution in [2.24, 2.45) is 0 Å². The maximum absolute atomic E-state index is 12.9. The van der Waals surface area contributed by atoms with Crippen molar-refractivity contribution in [3.63, 3.8) is 0 Å². The Morgan fingerprint density at radius 1 is 1.03 bits per heavy atom. The van der Waals surface area contributed by atoms with Gasteiger partial charge in [0, 0.05) is 17.1 Å². The summed E-state index contributed by atoms with van der Waals surface area (Å²) in [4.78, 5) is 27.0. The Morgan fingerprint density at radius 3 is 2.42 bits per heavy atom. The molecule has 2 aromatic carbocycles. The van der Waals surface area contributed by atoms with E-state index in [9.17, 15) is 14.7 Å². The number of carbonyl (C=O) groups excluding carboxylic acids is 2. The molecule has 8 heteroatoms. The number of hydrogen-bond donors (Lipinski definition) is 1. The Kier molecular flexibility index (Phi) is 6.46. The SMILES string of the molecule is COc1ccccc1OCCN1C(=O)S/C(=C\c2cc(C)n(-c3ccc(O)cc3)c2C)C1=O. The standard InChI is InChI=1S/C25H24N2O5S/c1-16-14-18(17(2)27(16)19-8-10-20(28)11-9-19)15-23-24(29)26(25(30)33-23)12-13-32-22-7-5-4-6-21(22)31-3/h4-11,14-15,28H,12-13H2,1-3H3/b23-15-. The average Bonchev–Trinajstić information content (AvgIpc) is 3.23. The quantitative estimate of drug-likeness (QED) is 0.500. The highest BCUT2D eigenvalue weighted by Crippen LogP contribution is 2.34. The maximum Gasteiger partial charge on any atom is 0.293 e. The number of ether oxygens (including phenoxy) is 2. The highest BCUT2D eigenvalue weighted by molar-refractivity contribution is 8.18. The van der Waals surface area contributed by atoms with Crippen LogP contribution in [-0.4, -0.2) is 46.0 Å². The third-order valence-corrected chi connectivity index (χ3v) is 6.29. The van der Waals surface area contributed by atoms with Gasteiger partial charge < -0.3 is 19.1 Å². The molecule has 1 aliphatic rings. The van der Waals surface area contributed by atoms with Crippen LogP contribution in [0.5, 0.6) is 17.2 Å². The molecule has 1 fully saturated rings. The van der Waals surface area contributed by atoms with Gasteiger partial charge in [-0.2, -0.15) is 0 Å². The van der Waals surface area contributed by atoms with Gasteiger partial charge in [-0.1, -0.05) is 12.1 Å². The molecule has 0 atom stereocenters. The summed E-state index contributed by atoms with van der Waals surface area (Å²) in [6.45, 7) is 4.24. The molecule has 0 unspecified atom stereocenters. The number of aromatic nitrogens is 1. The molecule has 7 nitrogen and oxygen atoms in total. The van der Waals surface area contributed by atoms with Crippen LogP contribution in [0, 0.1) is 13.8 Å². The van der Waals surface area contributed by atoms with E-state index in [1.54, 1.807) is 37.5 Å².